The topological polar surface area (TPSA) is 177 Å². The summed E-state index contributed by atoms with van der Waals surface area (Å²) < 4.78 is 5.49. The second-order valence-corrected chi connectivity index (χ2v) is 12.3. The summed E-state index contributed by atoms with van der Waals surface area (Å²) in [6.07, 6.45) is 2.31. The minimum absolute atomic E-state index is 0.0151. The van der Waals surface area contributed by atoms with Crippen molar-refractivity contribution in [1.29, 1.82) is 0 Å². The Bertz CT molecular complexity index is 1410. The first-order valence-corrected chi connectivity index (χ1v) is 14.2. The number of hydrogen-bond donors (Lipinski definition) is 5. The van der Waals surface area contributed by atoms with Gasteiger partial charge in [0, 0.05) is 58.0 Å². The average Bonchev–Trinajstić information content (AvgIpc) is 2.90. The highest BCUT2D eigenvalue weighted by molar-refractivity contribution is 6.24. The number of ether oxygens (including phenoxy) is 1. The van der Waals surface area contributed by atoms with Gasteiger partial charge in [0.25, 0.3) is 5.91 Å². The first-order chi connectivity index (χ1) is 19.7. The van der Waals surface area contributed by atoms with E-state index in [4.69, 9.17) is 10.5 Å². The molecule has 1 amide bonds. The SMILES string of the molecule is COC1CCN(Cc2cc(O)c3c(c2N(C)C)C[C@H]2C[C@H]4[C@H](N(C)C)C(O)=C(C(N)=O)C(=O)[C@@]4(O)C(O)=C2C3=O)CC1. The quantitative estimate of drug-likeness (QED) is 0.299. The van der Waals surface area contributed by atoms with Crippen LogP contribution in [-0.2, 0) is 27.3 Å². The number of nitrogens with two attached hydrogens (primary N) is 1. The molecule has 0 aromatic heterocycles. The van der Waals surface area contributed by atoms with Crippen LogP contribution in [0.3, 0.4) is 0 Å². The second kappa shape index (κ2) is 10.7. The van der Waals surface area contributed by atoms with E-state index in [-0.39, 0.29) is 35.8 Å². The molecular formula is C30H40N4O8. The Balaban J connectivity index is 1.62. The van der Waals surface area contributed by atoms with E-state index in [1.165, 1.54) is 0 Å². The number of benzene rings is 1. The van der Waals surface area contributed by atoms with Gasteiger partial charge >= 0.3 is 0 Å². The fourth-order valence-corrected chi connectivity index (χ4v) is 7.60. The van der Waals surface area contributed by atoms with Crippen molar-refractivity contribution in [3.63, 3.8) is 0 Å². The van der Waals surface area contributed by atoms with Crippen molar-refractivity contribution in [2.45, 2.75) is 50.0 Å². The van der Waals surface area contributed by atoms with Crippen molar-refractivity contribution in [2.75, 3.05) is 53.3 Å². The number of hydrogen-bond acceptors (Lipinski definition) is 11. The maximum atomic E-state index is 14.0. The number of anilines is 1. The molecule has 4 atom stereocenters. The third-order valence-electron chi connectivity index (χ3n) is 9.48. The smallest absolute Gasteiger partial charge is 0.255 e. The lowest BCUT2D eigenvalue weighted by molar-refractivity contribution is -0.148. The fourth-order valence-electron chi connectivity index (χ4n) is 7.60. The molecule has 0 spiro atoms. The number of piperidine rings is 1. The van der Waals surface area contributed by atoms with E-state index >= 15 is 0 Å². The molecule has 1 fully saturated rings. The molecule has 1 aromatic carbocycles. The number of allylic oxidation sites excluding steroid dienone is 1. The molecule has 0 saturated carbocycles. The lowest BCUT2D eigenvalue weighted by Gasteiger charge is -2.50. The predicted molar refractivity (Wildman–Crippen MR) is 153 cm³/mol. The molecule has 12 nitrogen and oxygen atoms in total. The lowest BCUT2D eigenvalue weighted by Crippen LogP contribution is -2.63. The average molecular weight is 585 g/mol. The molecule has 1 heterocycles. The summed E-state index contributed by atoms with van der Waals surface area (Å²) in [5.41, 5.74) is 4.06. The number of aliphatic hydroxyl groups is 3. The molecule has 6 N–H and O–H groups in total. The molecule has 3 aliphatic carbocycles. The highest BCUT2D eigenvalue weighted by Crippen LogP contribution is 2.53. The van der Waals surface area contributed by atoms with Crippen molar-refractivity contribution in [2.24, 2.45) is 17.6 Å². The van der Waals surface area contributed by atoms with Crippen LogP contribution in [0.1, 0.15) is 40.7 Å². The maximum absolute atomic E-state index is 14.0. The van der Waals surface area contributed by atoms with E-state index in [1.54, 1.807) is 32.2 Å². The summed E-state index contributed by atoms with van der Waals surface area (Å²) in [5, 5.41) is 45.4. The van der Waals surface area contributed by atoms with Crippen molar-refractivity contribution in [3.05, 3.63) is 45.4 Å². The number of Topliss-reactive ketones (excluding diaryl/α,β-unsaturated/α-hetero) is 2. The molecule has 1 saturated heterocycles. The highest BCUT2D eigenvalue weighted by atomic mass is 16.5. The first kappa shape index (κ1) is 30.0. The van der Waals surface area contributed by atoms with Gasteiger partial charge in [-0.05, 0) is 62.9 Å². The van der Waals surface area contributed by atoms with E-state index in [2.05, 4.69) is 4.90 Å². The monoisotopic (exact) mass is 584 g/mol. The Kier molecular flexibility index (Phi) is 7.63. The van der Waals surface area contributed by atoms with Crippen LogP contribution < -0.4 is 10.6 Å². The molecule has 1 aliphatic heterocycles. The number of primary amides is 1. The third-order valence-corrected chi connectivity index (χ3v) is 9.48. The summed E-state index contributed by atoms with van der Waals surface area (Å²) in [5.74, 6) is -6.56. The maximum Gasteiger partial charge on any atom is 0.255 e. The molecule has 12 heteroatoms. The molecule has 0 radical (unpaired) electrons. The molecular weight excluding hydrogens is 544 g/mol. The minimum atomic E-state index is -2.65. The van der Waals surface area contributed by atoms with Crippen LogP contribution in [0.5, 0.6) is 5.75 Å². The van der Waals surface area contributed by atoms with Crippen molar-refractivity contribution >= 4 is 23.2 Å². The number of rotatable bonds is 6. The number of aromatic hydroxyl groups is 1. The molecule has 1 aromatic rings. The van der Waals surface area contributed by atoms with Gasteiger partial charge in [0.15, 0.2) is 11.4 Å². The second-order valence-electron chi connectivity index (χ2n) is 12.3. The Morgan fingerprint density at radius 3 is 2.33 bits per heavy atom. The van der Waals surface area contributed by atoms with Crippen molar-refractivity contribution < 1.29 is 39.5 Å². The summed E-state index contributed by atoms with van der Waals surface area (Å²) >= 11 is 0. The lowest BCUT2D eigenvalue weighted by atomic mass is 9.58. The van der Waals surface area contributed by atoms with Crippen LogP contribution in [0.15, 0.2) is 28.7 Å². The number of carbonyl (C=O) groups excluding carboxylic acids is 3. The fraction of sp³-hybridized carbons (Fsp3) is 0.567. The number of fused-ring (bicyclic) bond motifs is 3. The largest absolute Gasteiger partial charge is 0.510 e. The number of aliphatic hydroxyl groups excluding tert-OH is 2. The summed E-state index contributed by atoms with van der Waals surface area (Å²) in [7, 11) is 8.68. The van der Waals surface area contributed by atoms with Crippen LogP contribution in [0.4, 0.5) is 5.69 Å². The summed E-state index contributed by atoms with van der Waals surface area (Å²) in [6.45, 7) is 2.22. The number of phenolic OH excluding ortho intramolecular Hbond substituents is 1. The molecule has 42 heavy (non-hydrogen) atoms. The normalized spacial score (nSPS) is 28.6. The molecule has 4 aliphatic rings. The molecule has 0 unspecified atom stereocenters. The van der Waals surface area contributed by atoms with E-state index in [9.17, 15) is 34.8 Å². The van der Waals surface area contributed by atoms with Crippen LogP contribution >= 0.6 is 0 Å². The highest BCUT2D eigenvalue weighted by Gasteiger charge is 2.63. The Morgan fingerprint density at radius 1 is 1.14 bits per heavy atom. The van der Waals surface area contributed by atoms with Crippen molar-refractivity contribution in [1.82, 2.24) is 9.80 Å². The van der Waals surface area contributed by atoms with Gasteiger partial charge in [0.2, 0.25) is 5.78 Å². The van der Waals surface area contributed by atoms with Gasteiger partial charge in [-0.2, -0.15) is 0 Å². The van der Waals surface area contributed by atoms with Crippen LogP contribution in [0.25, 0.3) is 0 Å². The number of ketones is 2. The number of amides is 1. The Labute approximate surface area is 244 Å². The first-order valence-electron chi connectivity index (χ1n) is 14.2. The van der Waals surface area contributed by atoms with Gasteiger partial charge in [-0.1, -0.05) is 0 Å². The Hall–Kier alpha value is -3.45. The molecule has 5 rings (SSSR count). The van der Waals surface area contributed by atoms with E-state index in [0.29, 0.717) is 12.1 Å². The van der Waals surface area contributed by atoms with E-state index < -0.39 is 58.0 Å². The van der Waals surface area contributed by atoms with E-state index in [1.807, 2.05) is 19.0 Å². The number of methoxy groups -OCH3 is 1. The third kappa shape index (κ3) is 4.39. The van der Waals surface area contributed by atoms with Gasteiger partial charge in [0.05, 0.1) is 17.7 Å². The zero-order chi connectivity index (χ0) is 30.8. The van der Waals surface area contributed by atoms with Crippen LogP contribution in [0, 0.1) is 11.8 Å². The number of likely N-dealkylation sites (N-methyl/N-ethyl adjacent to an activating group) is 1. The van der Waals surface area contributed by atoms with Gasteiger partial charge in [0.1, 0.15) is 22.8 Å². The molecule has 0 bridgehead atoms. The minimum Gasteiger partial charge on any atom is -0.510 e. The standard InChI is InChI=1S/C30H40N4O8/c1-32(2)23-15(13-34-8-6-16(42-5)7-9-34)12-19(35)21-17(23)10-14-11-18-24(33(3)4)26(37)22(29(31)40)28(39)30(18,41)27(38)20(14)25(21)36/h12,14,16,18,24,35,37-38,41H,6-11,13H2,1-5H3,(H2,31,40)/t14-,18-,24-,30-/m0/s1. The summed E-state index contributed by atoms with van der Waals surface area (Å²) in [4.78, 5) is 45.4. The van der Waals surface area contributed by atoms with Gasteiger partial charge in [-0.3, -0.25) is 24.2 Å². The number of nitrogens with zero attached hydrogens (tertiary/aromatic N) is 3. The summed E-state index contributed by atoms with van der Waals surface area (Å²) in [6, 6.07) is 0.547. The van der Waals surface area contributed by atoms with Gasteiger partial charge in [-0.15, -0.1) is 0 Å². The molecule has 228 valence electrons. The van der Waals surface area contributed by atoms with Gasteiger partial charge in [-0.25, -0.2) is 0 Å². The predicted octanol–water partition coefficient (Wildman–Crippen LogP) is 0.797. The number of phenols is 1. The number of likely N-dealkylation sites (tertiary alicyclic amines) is 1. The van der Waals surface area contributed by atoms with Crippen LogP contribution in [0.2, 0.25) is 0 Å². The number of carbonyl (C=O) groups is 3. The van der Waals surface area contributed by atoms with Gasteiger partial charge < -0.3 is 35.8 Å². The Morgan fingerprint density at radius 2 is 1.79 bits per heavy atom. The zero-order valence-electron chi connectivity index (χ0n) is 24.7. The van der Waals surface area contributed by atoms with E-state index in [0.717, 1.165) is 37.2 Å². The van der Waals surface area contributed by atoms with Crippen molar-refractivity contribution in [3.8, 4) is 5.75 Å². The zero-order valence-corrected chi connectivity index (χ0v) is 24.7. The van der Waals surface area contributed by atoms with Crippen LogP contribution in [-0.4, -0.2) is 114 Å².